The largest absolute Gasteiger partial charge is 0.478 e. The molecule has 0 aliphatic rings. The van der Waals surface area contributed by atoms with Crippen LogP contribution in [0.2, 0.25) is 0 Å². The van der Waals surface area contributed by atoms with Gasteiger partial charge in [-0.15, -0.1) is 0 Å². The fourth-order valence-corrected chi connectivity index (χ4v) is 1.52. The summed E-state index contributed by atoms with van der Waals surface area (Å²) in [6, 6.07) is 4.73. The van der Waals surface area contributed by atoms with Crippen molar-refractivity contribution < 1.29 is 27.7 Å². The average Bonchev–Trinajstić information content (AvgIpc) is 2.26. The number of anilines is 1. The van der Waals surface area contributed by atoms with Crippen molar-refractivity contribution in [2.24, 2.45) is 0 Å². The number of rotatable bonds is 4. The van der Waals surface area contributed by atoms with Gasteiger partial charge in [-0.25, -0.2) is 4.79 Å². The van der Waals surface area contributed by atoms with Crippen molar-refractivity contribution in [3.8, 4) is 0 Å². The molecular weight excluding hydrogens is 308 g/mol. The third-order valence-electron chi connectivity index (χ3n) is 1.80. The summed E-state index contributed by atoms with van der Waals surface area (Å²) in [7, 11) is -4.27. The van der Waals surface area contributed by atoms with Gasteiger partial charge in [0.2, 0.25) is 5.91 Å². The van der Waals surface area contributed by atoms with E-state index in [1.165, 1.54) is 12.1 Å². The van der Waals surface area contributed by atoms with Crippen LogP contribution >= 0.6 is 0 Å². The molecule has 20 heavy (non-hydrogen) atoms. The Morgan fingerprint density at radius 3 is 1.95 bits per heavy atom. The van der Waals surface area contributed by atoms with Crippen LogP contribution in [-0.4, -0.2) is 89.1 Å². The summed E-state index contributed by atoms with van der Waals surface area (Å²) >= 11 is 0. The number of carbonyl (C=O) groups excluding carboxylic acids is 1. The monoisotopic (exact) mass is 317 g/mol. The number of hydrogen-bond donors (Lipinski definition) is 3. The Kier molecular flexibility index (Phi) is 10.7. The third kappa shape index (κ3) is 8.18. The zero-order valence-corrected chi connectivity index (χ0v) is 15.7. The topological polar surface area (TPSA) is 121 Å². The van der Waals surface area contributed by atoms with Crippen molar-refractivity contribution in [2.75, 3.05) is 5.32 Å². The number of carbonyl (C=O) groups is 2. The molecule has 0 aliphatic heterocycles. The van der Waals surface area contributed by atoms with Gasteiger partial charge >= 0.3 is 5.97 Å². The van der Waals surface area contributed by atoms with Crippen molar-refractivity contribution >= 4 is 86.8 Å². The average molecular weight is 317 g/mol. The Labute approximate surface area is 159 Å². The van der Waals surface area contributed by atoms with Gasteiger partial charge in [0.25, 0.3) is 10.1 Å². The molecule has 0 saturated heterocycles. The van der Waals surface area contributed by atoms with E-state index in [-0.39, 0.29) is 69.7 Å². The van der Waals surface area contributed by atoms with Crippen LogP contribution in [0.5, 0.6) is 0 Å². The first-order valence-corrected chi connectivity index (χ1v) is 6.02. The number of aliphatic carboxylic acids is 1. The Balaban J connectivity index is 0. The number of amides is 1. The maximum absolute atomic E-state index is 11.2. The molecule has 0 saturated carbocycles. The van der Waals surface area contributed by atoms with E-state index in [9.17, 15) is 18.0 Å². The molecule has 0 atom stereocenters. The van der Waals surface area contributed by atoms with Crippen LogP contribution in [0, 0.1) is 0 Å². The van der Waals surface area contributed by atoms with Gasteiger partial charge < -0.3 is 10.4 Å². The van der Waals surface area contributed by atoms with Crippen molar-refractivity contribution in [3.05, 3.63) is 36.4 Å². The van der Waals surface area contributed by atoms with Gasteiger partial charge in [0.15, 0.2) is 0 Å². The molecule has 0 aliphatic carbocycles. The minimum atomic E-state index is -4.27. The summed E-state index contributed by atoms with van der Waals surface area (Å²) < 4.78 is 30.2. The molecule has 1 rings (SSSR count). The second-order valence-corrected chi connectivity index (χ2v) is 4.58. The number of carboxylic acids is 1. The first-order chi connectivity index (χ1) is 8.29. The minimum absolute atomic E-state index is 0. The molecule has 0 bridgehead atoms. The van der Waals surface area contributed by atoms with Crippen LogP contribution in [0.25, 0.3) is 0 Å². The van der Waals surface area contributed by atoms with Crippen LogP contribution in [0.4, 0.5) is 5.69 Å². The summed E-state index contributed by atoms with van der Waals surface area (Å²) in [6.07, 6.45) is 1.49. The molecule has 1 amide bonds. The quantitative estimate of drug-likeness (QED) is 0.400. The van der Waals surface area contributed by atoms with Crippen molar-refractivity contribution in [1.29, 1.82) is 0 Å². The van der Waals surface area contributed by atoms with E-state index >= 15 is 0 Å². The van der Waals surface area contributed by atoms with E-state index < -0.39 is 22.0 Å². The molecule has 98 valence electrons. The molecule has 1 aromatic carbocycles. The summed E-state index contributed by atoms with van der Waals surface area (Å²) in [5.41, 5.74) is 0.266. The van der Waals surface area contributed by atoms with Gasteiger partial charge in [0.05, 0.1) is 4.90 Å². The summed E-state index contributed by atoms with van der Waals surface area (Å²) in [5, 5.41) is 10.6. The van der Waals surface area contributed by atoms with Crippen LogP contribution in [0.15, 0.2) is 41.3 Å². The van der Waals surface area contributed by atoms with Crippen LogP contribution in [0.1, 0.15) is 0 Å². The van der Waals surface area contributed by atoms with Gasteiger partial charge in [-0.2, -0.15) is 8.42 Å². The van der Waals surface area contributed by atoms with Gasteiger partial charge in [-0.05, 0) is 24.3 Å². The summed E-state index contributed by atoms with van der Waals surface area (Å²) in [6.45, 7) is 0. The Morgan fingerprint density at radius 2 is 1.55 bits per heavy atom. The standard InChI is InChI=1S/C10H9NO6S.2Na/c12-9(5-6-10(13)14)11-7-1-3-8(4-2-7)18(15,16)17;;/h1-6H,(H,11,12)(H,13,14)(H,15,16,17);;. The van der Waals surface area contributed by atoms with Gasteiger partial charge in [-0.3, -0.25) is 9.35 Å². The molecule has 3 N–H and O–H groups in total. The second-order valence-electron chi connectivity index (χ2n) is 3.16. The Bertz CT molecular complexity index is 597. The number of benzene rings is 1. The second kappa shape index (κ2) is 9.69. The Morgan fingerprint density at radius 1 is 1.05 bits per heavy atom. The maximum Gasteiger partial charge on any atom is 0.328 e. The zero-order chi connectivity index (χ0) is 13.8. The molecule has 7 nitrogen and oxygen atoms in total. The van der Waals surface area contributed by atoms with E-state index in [4.69, 9.17) is 9.66 Å². The van der Waals surface area contributed by atoms with Crippen LogP contribution in [0.3, 0.4) is 0 Å². The summed E-state index contributed by atoms with van der Waals surface area (Å²) in [5.74, 6) is -1.93. The van der Waals surface area contributed by atoms with Crippen molar-refractivity contribution in [1.82, 2.24) is 0 Å². The van der Waals surface area contributed by atoms with E-state index in [1.54, 1.807) is 0 Å². The first kappa shape index (κ1) is 22.1. The molecule has 0 aromatic heterocycles. The van der Waals surface area contributed by atoms with E-state index in [0.717, 1.165) is 18.2 Å². The number of carboxylic acid groups (broad SMARTS) is 1. The van der Waals surface area contributed by atoms with Crippen LogP contribution in [-0.2, 0) is 19.7 Å². The van der Waals surface area contributed by atoms with Crippen molar-refractivity contribution in [2.45, 2.75) is 4.90 Å². The Hall–Kier alpha value is -0.190. The summed E-state index contributed by atoms with van der Waals surface area (Å²) in [4.78, 5) is 21.0. The smallest absolute Gasteiger partial charge is 0.328 e. The molecule has 2 radical (unpaired) electrons. The van der Waals surface area contributed by atoms with E-state index in [1.807, 2.05) is 0 Å². The molecule has 0 unspecified atom stereocenters. The van der Waals surface area contributed by atoms with Gasteiger partial charge in [0, 0.05) is 77.0 Å². The molecule has 0 heterocycles. The molecule has 0 fully saturated rings. The molecule has 10 heteroatoms. The predicted octanol–water partition coefficient (Wildman–Crippen LogP) is -0.249. The number of hydrogen-bond acceptors (Lipinski definition) is 4. The molecular formula is C10H9NNa2O6S. The zero-order valence-electron chi connectivity index (χ0n) is 10.9. The SMILES string of the molecule is O=C(O)C=CC(=O)Nc1ccc(S(=O)(=O)O)cc1.[Na].[Na]. The molecule has 1 aromatic rings. The maximum atomic E-state index is 11.2. The molecule has 0 spiro atoms. The minimum Gasteiger partial charge on any atom is -0.478 e. The van der Waals surface area contributed by atoms with E-state index in [0.29, 0.717) is 6.08 Å². The first-order valence-electron chi connectivity index (χ1n) is 4.58. The van der Waals surface area contributed by atoms with Crippen LogP contribution < -0.4 is 5.32 Å². The van der Waals surface area contributed by atoms with E-state index in [2.05, 4.69) is 5.32 Å². The number of nitrogens with one attached hydrogen (secondary N) is 1. The van der Waals surface area contributed by atoms with Gasteiger partial charge in [-0.1, -0.05) is 0 Å². The third-order valence-corrected chi connectivity index (χ3v) is 2.66. The van der Waals surface area contributed by atoms with Gasteiger partial charge in [0.1, 0.15) is 0 Å². The van der Waals surface area contributed by atoms with Crippen molar-refractivity contribution in [3.63, 3.8) is 0 Å². The fourth-order valence-electron chi connectivity index (χ4n) is 1.04. The normalized spacial score (nSPS) is 10.2. The predicted molar refractivity (Wildman–Crippen MR) is 73.2 cm³/mol. The fraction of sp³-hybridized carbons (Fsp3) is 0.